The number of fused-ring (bicyclic) bond motifs is 1. The smallest absolute Gasteiger partial charge is 0.353 e. The average Bonchev–Trinajstić information content (AvgIpc) is 2.55. The van der Waals surface area contributed by atoms with Gasteiger partial charge in [0.15, 0.2) is 0 Å². The molecule has 0 saturated heterocycles. The molecule has 3 rings (SSSR count). The fraction of sp³-hybridized carbons (Fsp3) is 0.111. The van der Waals surface area contributed by atoms with Crippen molar-refractivity contribution in [3.05, 3.63) is 69.6 Å². The summed E-state index contributed by atoms with van der Waals surface area (Å²) in [5.74, 6) is -1.13. The average molecular weight is 328 g/mol. The van der Waals surface area contributed by atoms with Crippen molar-refractivity contribution in [2.45, 2.75) is 13.5 Å². The number of benzene rings is 2. The lowest BCUT2D eigenvalue weighted by Gasteiger charge is -2.16. The van der Waals surface area contributed by atoms with E-state index in [0.29, 0.717) is 21.4 Å². The van der Waals surface area contributed by atoms with Crippen molar-refractivity contribution in [2.24, 2.45) is 0 Å². The third kappa shape index (κ3) is 2.51. The number of halogens is 1. The number of hydrogen-bond acceptors (Lipinski definition) is 2. The number of carbonyl (C=O) groups is 1. The number of carboxylic acid groups (broad SMARTS) is 1. The second-order valence-corrected chi connectivity index (χ2v) is 5.57. The molecule has 0 fully saturated rings. The quantitative estimate of drug-likeness (QED) is 0.789. The van der Waals surface area contributed by atoms with Crippen LogP contribution in [0.2, 0.25) is 5.02 Å². The molecular weight excluding hydrogens is 314 g/mol. The van der Waals surface area contributed by atoms with Gasteiger partial charge in [-0.1, -0.05) is 41.9 Å². The van der Waals surface area contributed by atoms with Gasteiger partial charge in [-0.2, -0.15) is 0 Å². The molecule has 0 radical (unpaired) electrons. The van der Waals surface area contributed by atoms with Crippen LogP contribution in [0.25, 0.3) is 21.9 Å². The minimum atomic E-state index is -1.13. The lowest BCUT2D eigenvalue weighted by atomic mass is 9.96. The number of aromatic carboxylic acids is 1. The number of hydrogen-bond donors (Lipinski definition) is 1. The molecule has 1 aromatic heterocycles. The highest BCUT2D eigenvalue weighted by Crippen LogP contribution is 2.32. The molecular formula is C18H14ClNO3. The number of carboxylic acids is 1. The molecule has 0 spiro atoms. The van der Waals surface area contributed by atoms with Gasteiger partial charge in [0.25, 0.3) is 5.56 Å². The predicted molar refractivity (Wildman–Crippen MR) is 91.3 cm³/mol. The van der Waals surface area contributed by atoms with E-state index in [0.717, 1.165) is 5.56 Å². The first kappa shape index (κ1) is 15.3. The zero-order valence-electron chi connectivity index (χ0n) is 12.4. The van der Waals surface area contributed by atoms with Gasteiger partial charge in [-0.05, 0) is 36.1 Å². The first-order chi connectivity index (χ1) is 11.0. The molecule has 1 N–H and O–H groups in total. The Morgan fingerprint density at radius 3 is 2.43 bits per heavy atom. The van der Waals surface area contributed by atoms with Gasteiger partial charge in [-0.3, -0.25) is 4.79 Å². The van der Waals surface area contributed by atoms with Crippen LogP contribution < -0.4 is 5.56 Å². The van der Waals surface area contributed by atoms with Crippen molar-refractivity contribution < 1.29 is 9.90 Å². The Bertz CT molecular complexity index is 961. The first-order valence-corrected chi connectivity index (χ1v) is 7.57. The van der Waals surface area contributed by atoms with Crippen LogP contribution in [0.5, 0.6) is 0 Å². The van der Waals surface area contributed by atoms with Crippen LogP contribution in [0.3, 0.4) is 0 Å². The van der Waals surface area contributed by atoms with E-state index in [1.54, 1.807) is 25.1 Å². The monoisotopic (exact) mass is 327 g/mol. The normalized spacial score (nSPS) is 10.9. The lowest BCUT2D eigenvalue weighted by molar-refractivity contribution is 0.0685. The summed E-state index contributed by atoms with van der Waals surface area (Å²) in [6.07, 6.45) is 0. The molecule has 23 heavy (non-hydrogen) atoms. The zero-order valence-corrected chi connectivity index (χ0v) is 13.2. The van der Waals surface area contributed by atoms with Gasteiger partial charge in [-0.25, -0.2) is 4.79 Å². The maximum absolute atomic E-state index is 12.6. The molecule has 116 valence electrons. The summed E-state index contributed by atoms with van der Waals surface area (Å²) in [4.78, 5) is 24.5. The summed E-state index contributed by atoms with van der Waals surface area (Å²) in [6.45, 7) is 2.03. The van der Waals surface area contributed by atoms with Crippen molar-refractivity contribution in [1.29, 1.82) is 0 Å². The number of rotatable bonds is 3. The molecule has 0 saturated carbocycles. The molecule has 3 aromatic rings. The number of nitrogens with zero attached hydrogens (tertiary/aromatic N) is 1. The van der Waals surface area contributed by atoms with E-state index in [4.69, 9.17) is 11.6 Å². The summed E-state index contributed by atoms with van der Waals surface area (Å²) in [5, 5.41) is 11.2. The zero-order chi connectivity index (χ0) is 16.6. The standard InChI is InChI=1S/C18H14ClNO3/c1-2-20-16(18(22)23)15(11-6-4-3-5-7-11)14-10-12(19)8-9-13(14)17(20)21/h3-10H,2H2,1H3,(H,22,23). The maximum atomic E-state index is 12.6. The Morgan fingerprint density at radius 1 is 1.13 bits per heavy atom. The molecule has 2 aromatic carbocycles. The Morgan fingerprint density at radius 2 is 1.83 bits per heavy atom. The molecule has 4 nitrogen and oxygen atoms in total. The highest BCUT2D eigenvalue weighted by Gasteiger charge is 2.22. The van der Waals surface area contributed by atoms with Crippen LogP contribution in [0.1, 0.15) is 17.4 Å². The molecule has 0 bridgehead atoms. The SMILES string of the molecule is CCn1c(C(=O)O)c(-c2ccccc2)c2cc(Cl)ccc2c1=O. The van der Waals surface area contributed by atoms with E-state index in [1.165, 1.54) is 4.57 Å². The summed E-state index contributed by atoms with van der Waals surface area (Å²) in [7, 11) is 0. The summed E-state index contributed by atoms with van der Waals surface area (Å²) in [6, 6.07) is 14.1. The van der Waals surface area contributed by atoms with Gasteiger partial charge in [-0.15, -0.1) is 0 Å². The summed E-state index contributed by atoms with van der Waals surface area (Å²) < 4.78 is 1.29. The lowest BCUT2D eigenvalue weighted by Crippen LogP contribution is -2.26. The Hall–Kier alpha value is -2.59. The van der Waals surface area contributed by atoms with Crippen LogP contribution in [-0.4, -0.2) is 15.6 Å². The molecule has 5 heteroatoms. The van der Waals surface area contributed by atoms with Crippen LogP contribution in [0.4, 0.5) is 0 Å². The third-order valence-corrected chi connectivity index (χ3v) is 4.05. The fourth-order valence-corrected chi connectivity index (χ4v) is 3.01. The molecule has 0 unspecified atom stereocenters. The van der Waals surface area contributed by atoms with Crippen molar-refractivity contribution in [3.8, 4) is 11.1 Å². The van der Waals surface area contributed by atoms with E-state index < -0.39 is 5.97 Å². The van der Waals surface area contributed by atoms with Crippen LogP contribution in [0.15, 0.2) is 53.3 Å². The first-order valence-electron chi connectivity index (χ1n) is 7.19. The Kier molecular flexibility index (Phi) is 3.92. The highest BCUT2D eigenvalue weighted by molar-refractivity contribution is 6.31. The maximum Gasteiger partial charge on any atom is 0.353 e. The molecule has 0 amide bonds. The minimum absolute atomic E-state index is 0.0153. The minimum Gasteiger partial charge on any atom is -0.477 e. The molecule has 0 aliphatic carbocycles. The number of aromatic nitrogens is 1. The summed E-state index contributed by atoms with van der Waals surface area (Å²) in [5.41, 5.74) is 0.908. The molecule has 0 aliphatic heterocycles. The van der Waals surface area contributed by atoms with Crippen LogP contribution in [0, 0.1) is 0 Å². The summed E-state index contributed by atoms with van der Waals surface area (Å²) >= 11 is 6.08. The topological polar surface area (TPSA) is 59.3 Å². The Labute approximate surface area is 137 Å². The Balaban J connectivity index is 2.60. The van der Waals surface area contributed by atoms with E-state index in [2.05, 4.69) is 0 Å². The van der Waals surface area contributed by atoms with Gasteiger partial charge in [0.2, 0.25) is 0 Å². The van der Waals surface area contributed by atoms with Gasteiger partial charge in [0.05, 0.1) is 0 Å². The van der Waals surface area contributed by atoms with E-state index >= 15 is 0 Å². The largest absolute Gasteiger partial charge is 0.477 e. The highest BCUT2D eigenvalue weighted by atomic mass is 35.5. The molecule has 0 atom stereocenters. The van der Waals surface area contributed by atoms with Crippen molar-refractivity contribution >= 4 is 28.3 Å². The number of pyridine rings is 1. The van der Waals surface area contributed by atoms with Crippen molar-refractivity contribution in [2.75, 3.05) is 0 Å². The third-order valence-electron chi connectivity index (χ3n) is 3.81. The molecule has 1 heterocycles. The molecule has 0 aliphatic rings. The van der Waals surface area contributed by atoms with Crippen molar-refractivity contribution in [1.82, 2.24) is 4.57 Å². The van der Waals surface area contributed by atoms with Crippen molar-refractivity contribution in [3.63, 3.8) is 0 Å². The van der Waals surface area contributed by atoms with Crippen LogP contribution >= 0.6 is 11.6 Å². The second-order valence-electron chi connectivity index (χ2n) is 5.13. The van der Waals surface area contributed by atoms with E-state index in [1.807, 2.05) is 30.3 Å². The second kappa shape index (κ2) is 5.89. The van der Waals surface area contributed by atoms with E-state index in [9.17, 15) is 14.7 Å². The van der Waals surface area contributed by atoms with Gasteiger partial charge >= 0.3 is 5.97 Å². The van der Waals surface area contributed by atoms with Gasteiger partial charge in [0.1, 0.15) is 5.69 Å². The fourth-order valence-electron chi connectivity index (χ4n) is 2.84. The van der Waals surface area contributed by atoms with Crippen LogP contribution in [-0.2, 0) is 6.54 Å². The van der Waals surface area contributed by atoms with E-state index in [-0.39, 0.29) is 17.8 Å². The van der Waals surface area contributed by atoms with Gasteiger partial charge in [0, 0.05) is 22.5 Å². The predicted octanol–water partition coefficient (Wildman–Crippen LogP) is 4.04. The van der Waals surface area contributed by atoms with Gasteiger partial charge < -0.3 is 9.67 Å².